The number of amides is 2. The smallest absolute Gasteiger partial charge is 0.323 e. The van der Waals surface area contributed by atoms with Crippen molar-refractivity contribution in [2.24, 2.45) is 0 Å². The van der Waals surface area contributed by atoms with Gasteiger partial charge in [0.1, 0.15) is 17.1 Å². The van der Waals surface area contributed by atoms with E-state index < -0.39 is 0 Å². The molecule has 0 unspecified atom stereocenters. The number of methoxy groups -OCH3 is 2. The maximum atomic E-state index is 12.4. The number of hydrogen-bond acceptors (Lipinski definition) is 4. The average molecular weight is 388 g/mol. The molecular formula is C22H20N4O3. The number of fused-ring (bicyclic) bond motifs is 1. The quantitative estimate of drug-likeness (QED) is 0.454. The summed E-state index contributed by atoms with van der Waals surface area (Å²) in [6.07, 6.45) is 3.69. The number of H-pyrrole nitrogens is 1. The molecule has 2 heterocycles. The number of pyridine rings is 1. The van der Waals surface area contributed by atoms with E-state index >= 15 is 0 Å². The van der Waals surface area contributed by atoms with E-state index in [0.717, 1.165) is 22.2 Å². The zero-order valence-corrected chi connectivity index (χ0v) is 16.0. The fourth-order valence-electron chi connectivity index (χ4n) is 3.12. The van der Waals surface area contributed by atoms with E-state index in [1.807, 2.05) is 42.6 Å². The second kappa shape index (κ2) is 7.93. The number of nitrogens with zero attached hydrogens (tertiary/aromatic N) is 1. The Morgan fingerprint density at radius 1 is 1.00 bits per heavy atom. The fourth-order valence-corrected chi connectivity index (χ4v) is 3.12. The first kappa shape index (κ1) is 18.4. The van der Waals surface area contributed by atoms with Gasteiger partial charge in [-0.15, -0.1) is 0 Å². The van der Waals surface area contributed by atoms with E-state index in [1.54, 1.807) is 38.6 Å². The lowest BCUT2D eigenvalue weighted by Crippen LogP contribution is -2.19. The van der Waals surface area contributed by atoms with E-state index in [0.29, 0.717) is 22.9 Å². The molecule has 29 heavy (non-hydrogen) atoms. The van der Waals surface area contributed by atoms with Crippen molar-refractivity contribution < 1.29 is 14.3 Å². The van der Waals surface area contributed by atoms with Gasteiger partial charge in [-0.3, -0.25) is 0 Å². The Hall–Kier alpha value is -4.00. The second-order valence-corrected chi connectivity index (χ2v) is 6.32. The highest BCUT2D eigenvalue weighted by molar-refractivity contribution is 6.01. The predicted molar refractivity (Wildman–Crippen MR) is 114 cm³/mol. The van der Waals surface area contributed by atoms with Crippen molar-refractivity contribution in [2.75, 3.05) is 24.9 Å². The largest absolute Gasteiger partial charge is 0.497 e. The summed E-state index contributed by atoms with van der Waals surface area (Å²) in [5.74, 6) is 1.17. The van der Waals surface area contributed by atoms with Gasteiger partial charge in [0, 0.05) is 35.1 Å². The van der Waals surface area contributed by atoms with Gasteiger partial charge in [0.2, 0.25) is 0 Å². The Labute approximate surface area is 167 Å². The number of hydrogen-bond donors (Lipinski definition) is 3. The van der Waals surface area contributed by atoms with Crippen molar-refractivity contribution >= 4 is 28.4 Å². The molecule has 2 aromatic heterocycles. The van der Waals surface area contributed by atoms with Gasteiger partial charge in [-0.05, 0) is 42.0 Å². The van der Waals surface area contributed by atoms with Gasteiger partial charge in [0.25, 0.3) is 0 Å². The van der Waals surface area contributed by atoms with Crippen LogP contribution in [0, 0.1) is 0 Å². The third-order valence-electron chi connectivity index (χ3n) is 4.56. The molecule has 0 spiro atoms. The van der Waals surface area contributed by atoms with Gasteiger partial charge in [-0.1, -0.05) is 12.1 Å². The maximum absolute atomic E-state index is 12.4. The normalized spacial score (nSPS) is 10.6. The summed E-state index contributed by atoms with van der Waals surface area (Å²) >= 11 is 0. The number of nitrogens with one attached hydrogen (secondary N) is 3. The van der Waals surface area contributed by atoms with E-state index in [9.17, 15) is 4.79 Å². The van der Waals surface area contributed by atoms with Crippen LogP contribution in [0.5, 0.6) is 11.5 Å². The van der Waals surface area contributed by atoms with Crippen molar-refractivity contribution in [2.45, 2.75) is 0 Å². The minimum atomic E-state index is -0.374. The van der Waals surface area contributed by atoms with Gasteiger partial charge in [-0.25, -0.2) is 9.78 Å². The molecule has 0 saturated heterocycles. The molecule has 2 amide bonds. The molecule has 0 fully saturated rings. The third-order valence-corrected chi connectivity index (χ3v) is 4.56. The molecule has 0 radical (unpaired) electrons. The van der Waals surface area contributed by atoms with Gasteiger partial charge < -0.3 is 25.1 Å². The molecule has 0 aliphatic heterocycles. The molecular weight excluding hydrogens is 368 g/mol. The van der Waals surface area contributed by atoms with Crippen LogP contribution >= 0.6 is 0 Å². The number of urea groups is 1. The molecule has 0 aliphatic carbocycles. The molecule has 146 valence electrons. The second-order valence-electron chi connectivity index (χ2n) is 6.32. The Kier molecular flexibility index (Phi) is 5.03. The Morgan fingerprint density at radius 2 is 1.83 bits per heavy atom. The zero-order valence-electron chi connectivity index (χ0n) is 16.0. The van der Waals surface area contributed by atoms with E-state index in [4.69, 9.17) is 9.47 Å². The van der Waals surface area contributed by atoms with E-state index in [1.165, 1.54) is 0 Å². The number of anilines is 2. The summed E-state index contributed by atoms with van der Waals surface area (Å²) in [4.78, 5) is 19.9. The van der Waals surface area contributed by atoms with E-state index in [2.05, 4.69) is 20.6 Å². The van der Waals surface area contributed by atoms with Crippen LogP contribution in [-0.2, 0) is 0 Å². The van der Waals surface area contributed by atoms with Crippen LogP contribution < -0.4 is 20.1 Å². The van der Waals surface area contributed by atoms with Crippen molar-refractivity contribution in [3.05, 3.63) is 67.0 Å². The maximum Gasteiger partial charge on any atom is 0.323 e. The number of ether oxygens (including phenoxy) is 2. The molecule has 4 rings (SSSR count). The molecule has 0 saturated carbocycles. The van der Waals surface area contributed by atoms with Gasteiger partial charge in [-0.2, -0.15) is 0 Å². The molecule has 2 aromatic carbocycles. The van der Waals surface area contributed by atoms with Gasteiger partial charge in [0.15, 0.2) is 0 Å². The van der Waals surface area contributed by atoms with E-state index in [-0.39, 0.29) is 6.03 Å². The van der Waals surface area contributed by atoms with Gasteiger partial charge in [0.05, 0.1) is 19.9 Å². The molecule has 0 bridgehead atoms. The monoisotopic (exact) mass is 388 g/mol. The first-order chi connectivity index (χ1) is 14.2. The number of carbonyl (C=O) groups excluding carboxylic acids is 1. The Morgan fingerprint density at radius 3 is 2.59 bits per heavy atom. The van der Waals surface area contributed by atoms with Crippen LogP contribution in [0.4, 0.5) is 16.2 Å². The highest BCUT2D eigenvalue weighted by Crippen LogP contribution is 2.30. The molecule has 3 N–H and O–H groups in total. The lowest BCUT2D eigenvalue weighted by atomic mass is 10.1. The fraction of sp³-hybridized carbons (Fsp3) is 0.0909. The summed E-state index contributed by atoms with van der Waals surface area (Å²) < 4.78 is 10.5. The van der Waals surface area contributed by atoms with Crippen molar-refractivity contribution in [3.63, 3.8) is 0 Å². The van der Waals surface area contributed by atoms with Crippen LogP contribution in [0.2, 0.25) is 0 Å². The Balaban J connectivity index is 1.48. The van der Waals surface area contributed by atoms with Crippen LogP contribution in [-0.4, -0.2) is 30.2 Å². The standard InChI is InChI=1S/C22H20N4O3/c1-28-16-9-10-20(29-2)19(12-16)26-22(27)25-15-7-5-14(6-8-15)18-13-24-21-17(18)4-3-11-23-21/h3-13H,1-2H3,(H,23,24)(H2,25,26,27). The third kappa shape index (κ3) is 3.84. The predicted octanol–water partition coefficient (Wildman–Crippen LogP) is 4.89. The topological polar surface area (TPSA) is 88.3 Å². The number of benzene rings is 2. The van der Waals surface area contributed by atoms with Gasteiger partial charge >= 0.3 is 6.03 Å². The molecule has 0 aliphatic rings. The van der Waals surface area contributed by atoms with Crippen molar-refractivity contribution in [3.8, 4) is 22.6 Å². The highest BCUT2D eigenvalue weighted by atomic mass is 16.5. The minimum absolute atomic E-state index is 0.374. The Bertz CT molecular complexity index is 1150. The first-order valence-electron chi connectivity index (χ1n) is 9.00. The molecule has 4 aromatic rings. The summed E-state index contributed by atoms with van der Waals surface area (Å²) in [5.41, 5.74) is 4.13. The van der Waals surface area contributed by atoms with Crippen LogP contribution in [0.25, 0.3) is 22.2 Å². The lowest BCUT2D eigenvalue weighted by molar-refractivity contribution is 0.262. The molecule has 0 atom stereocenters. The summed E-state index contributed by atoms with van der Waals surface area (Å²) in [5, 5.41) is 6.66. The molecule has 7 heteroatoms. The number of aromatic amines is 1. The number of carbonyl (C=O) groups is 1. The van der Waals surface area contributed by atoms with Crippen molar-refractivity contribution in [1.29, 1.82) is 0 Å². The zero-order chi connectivity index (χ0) is 20.2. The summed E-state index contributed by atoms with van der Waals surface area (Å²) in [6.45, 7) is 0. The summed E-state index contributed by atoms with van der Waals surface area (Å²) in [7, 11) is 3.11. The van der Waals surface area contributed by atoms with Crippen molar-refractivity contribution in [1.82, 2.24) is 9.97 Å². The number of rotatable bonds is 5. The minimum Gasteiger partial charge on any atom is -0.497 e. The molecule has 7 nitrogen and oxygen atoms in total. The lowest BCUT2D eigenvalue weighted by Gasteiger charge is -2.12. The van der Waals surface area contributed by atoms with Crippen LogP contribution in [0.15, 0.2) is 67.0 Å². The summed E-state index contributed by atoms with van der Waals surface area (Å²) in [6, 6.07) is 16.4. The average Bonchev–Trinajstić information content (AvgIpc) is 3.18. The first-order valence-corrected chi connectivity index (χ1v) is 9.00. The van der Waals surface area contributed by atoms with Crippen LogP contribution in [0.3, 0.4) is 0 Å². The number of aromatic nitrogens is 2. The highest BCUT2D eigenvalue weighted by Gasteiger charge is 2.10. The SMILES string of the molecule is COc1ccc(OC)c(NC(=O)Nc2ccc(-c3c[nH]c4ncccc34)cc2)c1. The van der Waals surface area contributed by atoms with Crippen LogP contribution in [0.1, 0.15) is 0 Å².